The van der Waals surface area contributed by atoms with Crippen LogP contribution >= 0.6 is 0 Å². The molecule has 0 aromatic rings. The second-order valence-electron chi connectivity index (χ2n) is 13.8. The average molecular weight is 427 g/mol. The Morgan fingerprint density at radius 3 is 2.32 bits per heavy atom. The fourth-order valence-electron chi connectivity index (χ4n) is 10.9. The van der Waals surface area contributed by atoms with Crippen LogP contribution in [0.1, 0.15) is 106 Å². The molecule has 2 heteroatoms. The first-order valence-corrected chi connectivity index (χ1v) is 13.3. The maximum Gasteiger partial charge on any atom is 0.152 e. The first kappa shape index (κ1) is 22.2. The van der Waals surface area contributed by atoms with E-state index in [1.807, 2.05) is 0 Å². The fraction of sp³-hybridized carbons (Fsp3) is 0.897. The summed E-state index contributed by atoms with van der Waals surface area (Å²) in [6, 6.07) is 0. The minimum Gasteiger partial charge on any atom is -0.393 e. The summed E-state index contributed by atoms with van der Waals surface area (Å²) in [7, 11) is 0. The summed E-state index contributed by atoms with van der Waals surface area (Å²) in [6.07, 6.45) is 16.9. The number of hydrogen-bond donors (Lipinski definition) is 1. The number of carbonyl (C=O) groups is 1. The van der Waals surface area contributed by atoms with Gasteiger partial charge in [-0.25, -0.2) is 0 Å². The lowest BCUT2D eigenvalue weighted by atomic mass is 9.42. The van der Waals surface area contributed by atoms with Crippen LogP contribution in [-0.4, -0.2) is 17.0 Å². The van der Waals surface area contributed by atoms with Gasteiger partial charge in [0.15, 0.2) is 5.78 Å². The van der Waals surface area contributed by atoms with Crippen molar-refractivity contribution in [2.24, 2.45) is 50.7 Å². The van der Waals surface area contributed by atoms with Crippen LogP contribution in [0.15, 0.2) is 12.2 Å². The topological polar surface area (TPSA) is 37.3 Å². The maximum atomic E-state index is 11.4. The summed E-state index contributed by atoms with van der Waals surface area (Å²) in [6.45, 7) is 14.2. The molecule has 0 bridgehead atoms. The fourth-order valence-corrected chi connectivity index (χ4v) is 10.9. The zero-order valence-electron chi connectivity index (χ0n) is 21.0. The van der Waals surface area contributed by atoms with Crippen LogP contribution in [-0.2, 0) is 4.79 Å². The van der Waals surface area contributed by atoms with Gasteiger partial charge in [0.25, 0.3) is 0 Å². The van der Waals surface area contributed by atoms with E-state index in [1.54, 1.807) is 13.0 Å². The molecule has 2 nitrogen and oxygen atoms in total. The van der Waals surface area contributed by atoms with Crippen molar-refractivity contribution in [3.05, 3.63) is 12.2 Å². The third kappa shape index (κ3) is 2.64. The van der Waals surface area contributed by atoms with Crippen LogP contribution in [0, 0.1) is 50.7 Å². The van der Waals surface area contributed by atoms with E-state index in [4.69, 9.17) is 0 Å². The van der Waals surface area contributed by atoms with E-state index in [9.17, 15) is 9.90 Å². The van der Waals surface area contributed by atoms with Crippen molar-refractivity contribution in [1.82, 2.24) is 0 Å². The molecular formula is C29H46O2. The average Bonchev–Trinajstić information content (AvgIpc) is 3.27. The molecule has 0 aliphatic heterocycles. The molecule has 31 heavy (non-hydrogen) atoms. The lowest BCUT2D eigenvalue weighted by molar-refractivity contribution is -0.161. The minimum atomic E-state index is -0.110. The Bertz CT molecular complexity index is 797. The van der Waals surface area contributed by atoms with Crippen LogP contribution in [0.3, 0.4) is 0 Å². The second-order valence-corrected chi connectivity index (χ2v) is 13.8. The van der Waals surface area contributed by atoms with Gasteiger partial charge >= 0.3 is 0 Å². The summed E-state index contributed by atoms with van der Waals surface area (Å²) in [5.74, 6) is 3.21. The second kappa shape index (κ2) is 6.71. The maximum absolute atomic E-state index is 11.4. The van der Waals surface area contributed by atoms with Crippen molar-refractivity contribution in [3.63, 3.8) is 0 Å². The third-order valence-corrected chi connectivity index (χ3v) is 12.7. The molecule has 0 amide bonds. The highest BCUT2D eigenvalue weighted by Gasteiger charge is 2.82. The molecule has 0 aromatic carbocycles. The molecule has 0 heterocycles. The monoisotopic (exact) mass is 426 g/mol. The lowest BCUT2D eigenvalue weighted by Crippen LogP contribution is -2.57. The number of aliphatic hydroxyl groups excluding tert-OH is 1. The van der Waals surface area contributed by atoms with Crippen LogP contribution < -0.4 is 0 Å². The van der Waals surface area contributed by atoms with E-state index in [-0.39, 0.29) is 17.3 Å². The van der Waals surface area contributed by atoms with Gasteiger partial charge in [0.1, 0.15) is 0 Å². The van der Waals surface area contributed by atoms with E-state index in [1.165, 1.54) is 51.4 Å². The number of rotatable bonds is 4. The third-order valence-electron chi connectivity index (χ3n) is 12.7. The molecule has 0 radical (unpaired) electrons. The quantitative estimate of drug-likeness (QED) is 0.493. The summed E-state index contributed by atoms with van der Waals surface area (Å²) in [4.78, 5) is 11.4. The SMILES string of the molecule is CC(=O)/C=C/C[C@@H](C)[C@H]1CC[C@@]2(C)[C@@H]3CC[C@H]4C(C)(C)[C@@H](O)CC[C@@]45C[C@@]35CC[C@]12C. The molecule has 5 fully saturated rings. The predicted molar refractivity (Wildman–Crippen MR) is 126 cm³/mol. The summed E-state index contributed by atoms with van der Waals surface area (Å²) in [5.41, 5.74) is 2.10. The van der Waals surface area contributed by atoms with E-state index in [0.29, 0.717) is 27.6 Å². The molecule has 0 unspecified atom stereocenters. The Kier molecular flexibility index (Phi) is 4.80. The number of fused-ring (bicyclic) bond motifs is 2. The smallest absolute Gasteiger partial charge is 0.152 e. The van der Waals surface area contributed by atoms with E-state index in [0.717, 1.165) is 30.6 Å². The summed E-state index contributed by atoms with van der Waals surface area (Å²) in [5, 5.41) is 10.8. The lowest BCUT2D eigenvalue weighted by Gasteiger charge is -2.63. The Balaban J connectivity index is 1.42. The van der Waals surface area contributed by atoms with Crippen LogP contribution in [0.2, 0.25) is 0 Å². The molecule has 2 spiro atoms. The van der Waals surface area contributed by atoms with Gasteiger partial charge in [0.2, 0.25) is 0 Å². The first-order valence-electron chi connectivity index (χ1n) is 13.3. The first-order chi connectivity index (χ1) is 14.4. The number of hydrogen-bond acceptors (Lipinski definition) is 2. The van der Waals surface area contributed by atoms with Crippen LogP contribution in [0.25, 0.3) is 0 Å². The largest absolute Gasteiger partial charge is 0.393 e. The van der Waals surface area contributed by atoms with Crippen molar-refractivity contribution in [1.29, 1.82) is 0 Å². The Hall–Kier alpha value is -0.630. The van der Waals surface area contributed by atoms with Gasteiger partial charge in [0, 0.05) is 0 Å². The zero-order valence-corrected chi connectivity index (χ0v) is 21.0. The van der Waals surface area contributed by atoms with Gasteiger partial charge < -0.3 is 5.11 Å². The van der Waals surface area contributed by atoms with Crippen molar-refractivity contribution >= 4 is 5.78 Å². The normalized spacial score (nSPS) is 53.3. The summed E-state index contributed by atoms with van der Waals surface area (Å²) >= 11 is 0. The predicted octanol–water partition coefficient (Wildman–Crippen LogP) is 6.96. The van der Waals surface area contributed by atoms with Gasteiger partial charge in [-0.15, -0.1) is 0 Å². The molecule has 0 aromatic heterocycles. The number of allylic oxidation sites excluding steroid dienone is 2. The highest BCUT2D eigenvalue weighted by Crippen LogP contribution is 2.89. The van der Waals surface area contributed by atoms with Crippen molar-refractivity contribution < 1.29 is 9.90 Å². The van der Waals surface area contributed by atoms with Crippen molar-refractivity contribution in [3.8, 4) is 0 Å². The summed E-state index contributed by atoms with van der Waals surface area (Å²) < 4.78 is 0. The molecule has 5 aliphatic carbocycles. The highest BCUT2D eigenvalue weighted by atomic mass is 16.3. The molecule has 9 atom stereocenters. The van der Waals surface area contributed by atoms with E-state index >= 15 is 0 Å². The molecular weight excluding hydrogens is 380 g/mol. The number of aliphatic hydroxyl groups is 1. The minimum absolute atomic E-state index is 0.0874. The van der Waals surface area contributed by atoms with Gasteiger partial charge in [-0.3, -0.25) is 4.79 Å². The van der Waals surface area contributed by atoms with Gasteiger partial charge in [0.05, 0.1) is 6.10 Å². The Morgan fingerprint density at radius 2 is 1.61 bits per heavy atom. The number of carbonyl (C=O) groups excluding carboxylic acids is 1. The molecule has 1 N–H and O–H groups in total. The Labute approximate surface area is 190 Å². The highest BCUT2D eigenvalue weighted by molar-refractivity contribution is 5.87. The molecule has 174 valence electrons. The van der Waals surface area contributed by atoms with Crippen molar-refractivity contribution in [2.45, 2.75) is 112 Å². The van der Waals surface area contributed by atoms with Crippen molar-refractivity contribution in [2.75, 3.05) is 0 Å². The van der Waals surface area contributed by atoms with Gasteiger partial charge in [-0.2, -0.15) is 0 Å². The van der Waals surface area contributed by atoms with Gasteiger partial charge in [-0.1, -0.05) is 40.7 Å². The number of ketones is 1. The molecule has 5 saturated carbocycles. The zero-order chi connectivity index (χ0) is 22.4. The standard InChI is InChI=1S/C29H46O2/c1-19(8-7-9-20(2)30)21-12-14-27(6)23-11-10-22-25(3,4)24(31)13-15-28(22)18-29(23,28)17-16-26(21,27)5/h7,9,19,21-24,31H,8,10-18H2,1-6H3/b9-7+/t19-,21-,22+,23+,24+,26-,27+,28-,29+/m1/s1. The van der Waals surface area contributed by atoms with E-state index in [2.05, 4.69) is 40.7 Å². The van der Waals surface area contributed by atoms with Crippen LogP contribution in [0.4, 0.5) is 0 Å². The molecule has 5 rings (SSSR count). The van der Waals surface area contributed by atoms with E-state index < -0.39 is 0 Å². The Morgan fingerprint density at radius 1 is 0.935 bits per heavy atom. The van der Waals surface area contributed by atoms with Gasteiger partial charge in [-0.05, 0) is 128 Å². The van der Waals surface area contributed by atoms with Crippen LogP contribution in [0.5, 0.6) is 0 Å². The molecule has 0 saturated heterocycles. The molecule has 5 aliphatic rings.